The first kappa shape index (κ1) is 26.0. The fourth-order valence-electron chi connectivity index (χ4n) is 3.63. The van der Waals surface area contributed by atoms with E-state index < -0.39 is 10.0 Å². The molecule has 4 N–H and O–H groups in total. The zero-order valence-electron chi connectivity index (χ0n) is 17.6. The van der Waals surface area contributed by atoms with Crippen LogP contribution in [-0.4, -0.2) is 38.3 Å². The van der Waals surface area contributed by atoms with Crippen LogP contribution in [0.2, 0.25) is 0 Å². The third-order valence-corrected chi connectivity index (χ3v) is 6.85. The van der Waals surface area contributed by atoms with Gasteiger partial charge in [0, 0.05) is 35.8 Å². The molecule has 1 heterocycles. The summed E-state index contributed by atoms with van der Waals surface area (Å²) in [5, 5.41) is 7.45. The third-order valence-electron chi connectivity index (χ3n) is 5.21. The summed E-state index contributed by atoms with van der Waals surface area (Å²) in [5.41, 5.74) is 9.45. The molecule has 174 valence electrons. The van der Waals surface area contributed by atoms with Crippen molar-refractivity contribution in [2.45, 2.75) is 32.1 Å². The smallest absolute Gasteiger partial charge is 0.232 e. The predicted molar refractivity (Wildman–Crippen MR) is 133 cm³/mol. The number of nitrogens with one attached hydrogen (secondary N) is 2. The molecule has 1 aliphatic heterocycles. The predicted octanol–water partition coefficient (Wildman–Crippen LogP) is 3.68. The summed E-state index contributed by atoms with van der Waals surface area (Å²) in [4.78, 5) is 14.7. The number of nitrogens with zero attached hydrogens (tertiary/aromatic N) is 1. The molecule has 0 atom stereocenters. The van der Waals surface area contributed by atoms with Crippen LogP contribution in [0.25, 0.3) is 0 Å². The van der Waals surface area contributed by atoms with Gasteiger partial charge >= 0.3 is 0 Å². The van der Waals surface area contributed by atoms with E-state index in [-0.39, 0.29) is 29.9 Å². The molecule has 10 heteroatoms. The molecule has 2 aromatic carbocycles. The van der Waals surface area contributed by atoms with Gasteiger partial charge in [-0.05, 0) is 55.0 Å². The number of carbonyl (C=O) groups excluding carboxylic acids is 1. The first-order valence-electron chi connectivity index (χ1n) is 10.2. The molecular formula is C22H28Cl2N4O3S. The number of carbonyl (C=O) groups is 1. The van der Waals surface area contributed by atoms with Crippen molar-refractivity contribution in [1.29, 1.82) is 5.41 Å². The Morgan fingerprint density at radius 1 is 1.19 bits per heavy atom. The van der Waals surface area contributed by atoms with Crippen LogP contribution in [0.1, 0.15) is 36.0 Å². The van der Waals surface area contributed by atoms with E-state index in [9.17, 15) is 13.2 Å². The number of amidine groups is 1. The van der Waals surface area contributed by atoms with Gasteiger partial charge in [-0.3, -0.25) is 14.9 Å². The maximum absolute atomic E-state index is 12.9. The van der Waals surface area contributed by atoms with Gasteiger partial charge in [-0.1, -0.05) is 24.3 Å². The van der Waals surface area contributed by atoms with Crippen molar-refractivity contribution in [2.75, 3.05) is 27.8 Å². The Labute approximate surface area is 200 Å². The van der Waals surface area contributed by atoms with Gasteiger partial charge in [0.05, 0.1) is 5.75 Å². The van der Waals surface area contributed by atoms with E-state index in [1.54, 1.807) is 23.1 Å². The molecule has 0 saturated heterocycles. The van der Waals surface area contributed by atoms with Crippen molar-refractivity contribution >= 4 is 57.1 Å². The normalized spacial score (nSPS) is 13.1. The topological polar surface area (TPSA) is 116 Å². The van der Waals surface area contributed by atoms with Gasteiger partial charge in [-0.15, -0.1) is 24.0 Å². The van der Waals surface area contributed by atoms with Gasteiger partial charge in [-0.25, -0.2) is 8.42 Å². The Morgan fingerprint density at radius 2 is 1.91 bits per heavy atom. The number of fused-ring (bicyclic) bond motifs is 1. The quantitative estimate of drug-likeness (QED) is 0.277. The minimum atomic E-state index is -3.44. The molecule has 0 radical (unpaired) electrons. The van der Waals surface area contributed by atoms with Gasteiger partial charge in [-0.2, -0.15) is 0 Å². The van der Waals surface area contributed by atoms with Gasteiger partial charge < -0.3 is 10.6 Å². The molecule has 0 bridgehead atoms. The molecule has 3 rings (SSSR count). The summed E-state index contributed by atoms with van der Waals surface area (Å²) >= 11 is 5.59. The second-order valence-electron chi connectivity index (χ2n) is 7.57. The number of alkyl halides is 1. The number of sulfonamides is 1. The molecule has 0 saturated carbocycles. The number of anilines is 2. The van der Waals surface area contributed by atoms with Crippen LogP contribution in [0.3, 0.4) is 0 Å². The van der Waals surface area contributed by atoms with Gasteiger partial charge in [0.25, 0.3) is 0 Å². The number of nitrogen functional groups attached to an aromatic ring is 1. The monoisotopic (exact) mass is 498 g/mol. The van der Waals surface area contributed by atoms with E-state index in [0.29, 0.717) is 42.9 Å². The van der Waals surface area contributed by atoms with E-state index in [2.05, 4.69) is 4.72 Å². The summed E-state index contributed by atoms with van der Waals surface area (Å²) in [6.07, 6.45) is 2.98. The Balaban J connectivity index is 0.00000363. The van der Waals surface area contributed by atoms with Crippen molar-refractivity contribution in [2.24, 2.45) is 5.73 Å². The highest BCUT2D eigenvalue weighted by Gasteiger charge is 2.23. The largest absolute Gasteiger partial charge is 0.384 e. The SMILES string of the molecule is Cl.N=C(N)c1ccc(CCC(=O)N2CCCc3cc(NS(=O)(=O)CCCCl)ccc32)cc1. The number of halogens is 2. The Hall–Kier alpha value is -2.29. The van der Waals surface area contributed by atoms with Crippen LogP contribution in [0.15, 0.2) is 42.5 Å². The summed E-state index contributed by atoms with van der Waals surface area (Å²) in [6, 6.07) is 12.7. The molecule has 1 aliphatic rings. The van der Waals surface area contributed by atoms with Crippen LogP contribution in [0.4, 0.5) is 11.4 Å². The fraction of sp³-hybridized carbons (Fsp3) is 0.364. The second-order valence-corrected chi connectivity index (χ2v) is 9.79. The second kappa shape index (κ2) is 11.5. The molecular weight excluding hydrogens is 471 g/mol. The molecule has 2 aromatic rings. The number of benzene rings is 2. The zero-order valence-corrected chi connectivity index (χ0v) is 20.0. The Kier molecular flexibility index (Phi) is 9.36. The van der Waals surface area contributed by atoms with Crippen LogP contribution < -0.4 is 15.4 Å². The third kappa shape index (κ3) is 6.85. The van der Waals surface area contributed by atoms with Gasteiger partial charge in [0.1, 0.15) is 5.84 Å². The van der Waals surface area contributed by atoms with E-state index in [4.69, 9.17) is 22.7 Å². The highest BCUT2D eigenvalue weighted by molar-refractivity contribution is 7.92. The minimum Gasteiger partial charge on any atom is -0.384 e. The summed E-state index contributed by atoms with van der Waals surface area (Å²) in [7, 11) is -3.44. The minimum absolute atomic E-state index is 0. The molecule has 0 aliphatic carbocycles. The summed E-state index contributed by atoms with van der Waals surface area (Å²) < 4.78 is 26.8. The molecule has 0 spiro atoms. The summed E-state index contributed by atoms with van der Waals surface area (Å²) in [6.45, 7) is 0.649. The lowest BCUT2D eigenvalue weighted by Crippen LogP contribution is -2.35. The first-order chi connectivity index (χ1) is 14.8. The van der Waals surface area contributed by atoms with Crippen molar-refractivity contribution in [1.82, 2.24) is 0 Å². The molecule has 0 unspecified atom stereocenters. The average Bonchev–Trinajstić information content (AvgIpc) is 2.75. The van der Waals surface area contributed by atoms with Crippen LogP contribution in [0, 0.1) is 5.41 Å². The van der Waals surface area contributed by atoms with Gasteiger partial charge in [0.15, 0.2) is 0 Å². The number of nitrogens with two attached hydrogens (primary N) is 1. The van der Waals surface area contributed by atoms with Gasteiger partial charge in [0.2, 0.25) is 15.9 Å². The molecule has 1 amide bonds. The number of hydrogen-bond donors (Lipinski definition) is 3. The highest BCUT2D eigenvalue weighted by atomic mass is 35.5. The zero-order chi connectivity index (χ0) is 22.4. The van der Waals surface area contributed by atoms with Crippen molar-refractivity contribution in [3.63, 3.8) is 0 Å². The molecule has 32 heavy (non-hydrogen) atoms. The van der Waals surface area contributed by atoms with E-state index in [1.165, 1.54) is 0 Å². The molecule has 0 aromatic heterocycles. The number of aryl methyl sites for hydroxylation is 2. The van der Waals surface area contributed by atoms with Crippen LogP contribution in [0.5, 0.6) is 0 Å². The van der Waals surface area contributed by atoms with E-state index in [0.717, 1.165) is 29.7 Å². The van der Waals surface area contributed by atoms with Crippen molar-refractivity contribution in [3.05, 3.63) is 59.2 Å². The number of amides is 1. The lowest BCUT2D eigenvalue weighted by atomic mass is 10.00. The fourth-order valence-corrected chi connectivity index (χ4v) is 5.04. The highest BCUT2D eigenvalue weighted by Crippen LogP contribution is 2.30. The molecule has 7 nitrogen and oxygen atoms in total. The van der Waals surface area contributed by atoms with Crippen molar-refractivity contribution < 1.29 is 13.2 Å². The maximum atomic E-state index is 12.9. The standard InChI is InChI=1S/C22H27ClN4O3S.ClH/c23-12-2-14-31(29,30)26-19-9-10-20-18(15-19)3-1-13-27(20)21(28)11-6-16-4-7-17(8-5-16)22(24)25;/h4-5,7-10,15,26H,1-3,6,11-14H2,(H3,24,25);1H. The lowest BCUT2D eigenvalue weighted by molar-refractivity contribution is -0.118. The Morgan fingerprint density at radius 3 is 2.56 bits per heavy atom. The van der Waals surface area contributed by atoms with Crippen LogP contribution in [-0.2, 0) is 27.7 Å². The average molecular weight is 499 g/mol. The lowest BCUT2D eigenvalue weighted by Gasteiger charge is -2.30. The molecule has 0 fully saturated rings. The van der Waals surface area contributed by atoms with Crippen LogP contribution >= 0.6 is 24.0 Å². The summed E-state index contributed by atoms with van der Waals surface area (Å²) in [5.74, 6) is 0.328. The number of hydrogen-bond acceptors (Lipinski definition) is 4. The first-order valence-corrected chi connectivity index (χ1v) is 12.4. The van der Waals surface area contributed by atoms with Crippen molar-refractivity contribution in [3.8, 4) is 0 Å². The maximum Gasteiger partial charge on any atom is 0.232 e. The van der Waals surface area contributed by atoms with E-state index in [1.807, 2.05) is 24.3 Å². The van der Waals surface area contributed by atoms with E-state index >= 15 is 0 Å². The Bertz CT molecular complexity index is 1060. The number of rotatable bonds is 9.